The van der Waals surface area contributed by atoms with E-state index in [1.807, 2.05) is 6.92 Å². The monoisotopic (exact) mass is 128 g/mol. The Balaban J connectivity index is 3.85. The van der Waals surface area contributed by atoms with Gasteiger partial charge in [-0.3, -0.25) is 0 Å². The van der Waals surface area contributed by atoms with Gasteiger partial charge in [-0.1, -0.05) is 5.92 Å². The first-order valence-corrected chi connectivity index (χ1v) is 3.84. The minimum Gasteiger partial charge on any atom is -0.146 e. The zero-order valence-corrected chi connectivity index (χ0v) is 6.72. The van der Waals surface area contributed by atoms with Crippen LogP contribution in [0.25, 0.3) is 0 Å². The fourth-order valence-corrected chi connectivity index (χ4v) is 0.556. The van der Waals surface area contributed by atoms with Crippen molar-refractivity contribution in [2.24, 2.45) is 0 Å². The summed E-state index contributed by atoms with van der Waals surface area (Å²) in [5.74, 6) is 5.97. The molecule has 0 unspecified atom stereocenters. The van der Waals surface area contributed by atoms with Crippen molar-refractivity contribution in [3.8, 4) is 11.8 Å². The molecule has 0 N–H and O–H groups in total. The molecule has 0 atom stereocenters. The van der Waals surface area contributed by atoms with Gasteiger partial charge in [0.15, 0.2) is 0 Å². The summed E-state index contributed by atoms with van der Waals surface area (Å²) in [5.41, 5.74) is 0. The molecule has 0 heterocycles. The lowest BCUT2D eigenvalue weighted by Crippen LogP contribution is -2.09. The van der Waals surface area contributed by atoms with Gasteiger partial charge in [-0.25, -0.2) is 0 Å². The molecular weight excluding hydrogens is 116 g/mol. The highest BCUT2D eigenvalue weighted by molar-refractivity contribution is 8.00. The van der Waals surface area contributed by atoms with Gasteiger partial charge in [0.1, 0.15) is 0 Å². The van der Waals surface area contributed by atoms with Crippen molar-refractivity contribution in [1.82, 2.24) is 0 Å². The van der Waals surface area contributed by atoms with Crippen LogP contribution in [-0.4, -0.2) is 11.0 Å². The van der Waals surface area contributed by atoms with Gasteiger partial charge >= 0.3 is 0 Å². The van der Waals surface area contributed by atoms with E-state index in [1.165, 1.54) is 0 Å². The molecule has 0 spiro atoms. The van der Waals surface area contributed by atoms with Crippen molar-refractivity contribution in [2.45, 2.75) is 25.5 Å². The first-order valence-electron chi connectivity index (χ1n) is 2.61. The molecule has 0 radical (unpaired) electrons. The van der Waals surface area contributed by atoms with Crippen molar-refractivity contribution in [2.75, 3.05) is 6.26 Å². The van der Waals surface area contributed by atoms with Crippen LogP contribution in [0.5, 0.6) is 0 Å². The van der Waals surface area contributed by atoms with Crippen LogP contribution in [0, 0.1) is 11.8 Å². The maximum Gasteiger partial charge on any atom is 0.0706 e. The Morgan fingerprint density at radius 2 is 1.88 bits per heavy atom. The van der Waals surface area contributed by atoms with E-state index in [-0.39, 0.29) is 4.75 Å². The second kappa shape index (κ2) is 3.04. The van der Waals surface area contributed by atoms with Gasteiger partial charge in [0.05, 0.1) is 4.75 Å². The maximum atomic E-state index is 3.08. The molecule has 0 aromatic heterocycles. The lowest BCUT2D eigenvalue weighted by atomic mass is 10.2. The summed E-state index contributed by atoms with van der Waals surface area (Å²) in [6.07, 6.45) is 2.07. The first kappa shape index (κ1) is 7.91. The molecule has 0 rings (SSSR count). The summed E-state index contributed by atoms with van der Waals surface area (Å²) in [5, 5.41) is 0. The molecule has 0 aliphatic heterocycles. The van der Waals surface area contributed by atoms with E-state index >= 15 is 0 Å². The summed E-state index contributed by atoms with van der Waals surface area (Å²) in [4.78, 5) is 0. The Morgan fingerprint density at radius 1 is 1.38 bits per heavy atom. The Bertz CT molecular complexity index is 114. The maximum absolute atomic E-state index is 3.08. The average Bonchev–Trinajstić information content (AvgIpc) is 1.67. The number of rotatable bonds is 1. The van der Waals surface area contributed by atoms with Crippen molar-refractivity contribution >= 4 is 11.8 Å². The molecule has 0 nitrogen and oxygen atoms in total. The quantitative estimate of drug-likeness (QED) is 0.488. The molecule has 8 heavy (non-hydrogen) atoms. The van der Waals surface area contributed by atoms with E-state index in [0.29, 0.717) is 0 Å². The van der Waals surface area contributed by atoms with E-state index < -0.39 is 0 Å². The third-order valence-corrected chi connectivity index (χ3v) is 2.06. The highest BCUT2D eigenvalue weighted by atomic mass is 32.2. The lowest BCUT2D eigenvalue weighted by Gasteiger charge is -2.11. The second-order valence-electron chi connectivity index (χ2n) is 2.09. The molecule has 1 heteroatoms. The van der Waals surface area contributed by atoms with Crippen molar-refractivity contribution in [3.63, 3.8) is 0 Å². The summed E-state index contributed by atoms with van der Waals surface area (Å²) in [6.45, 7) is 6.11. The molecule has 0 aliphatic carbocycles. The van der Waals surface area contributed by atoms with Crippen LogP contribution in [0.1, 0.15) is 20.8 Å². The van der Waals surface area contributed by atoms with Gasteiger partial charge in [-0.2, -0.15) is 0 Å². The standard InChI is InChI=1S/C7H12S/c1-5-6-7(2,3)8-4/h1-4H3. The van der Waals surface area contributed by atoms with E-state index in [9.17, 15) is 0 Å². The summed E-state index contributed by atoms with van der Waals surface area (Å²) < 4.78 is 0.148. The molecule has 46 valence electrons. The largest absolute Gasteiger partial charge is 0.146 e. The predicted molar refractivity (Wildman–Crippen MR) is 41.0 cm³/mol. The molecule has 0 saturated heterocycles. The van der Waals surface area contributed by atoms with Crippen LogP contribution < -0.4 is 0 Å². The molecule has 0 aliphatic rings. The van der Waals surface area contributed by atoms with Gasteiger partial charge in [-0.05, 0) is 27.0 Å². The van der Waals surface area contributed by atoms with Gasteiger partial charge in [0, 0.05) is 0 Å². The molecule has 0 bridgehead atoms. The fraction of sp³-hybridized carbons (Fsp3) is 0.714. The highest BCUT2D eigenvalue weighted by Gasteiger charge is 2.09. The van der Waals surface area contributed by atoms with E-state index in [2.05, 4.69) is 31.9 Å². The van der Waals surface area contributed by atoms with E-state index in [0.717, 1.165) is 0 Å². The second-order valence-corrected chi connectivity index (χ2v) is 3.52. The van der Waals surface area contributed by atoms with Crippen LogP contribution in [0.15, 0.2) is 0 Å². The minimum atomic E-state index is 0.148. The van der Waals surface area contributed by atoms with Crippen LogP contribution in [-0.2, 0) is 0 Å². The molecular formula is C7H12S. The topological polar surface area (TPSA) is 0 Å². The SMILES string of the molecule is CC#CC(C)(C)SC. The lowest BCUT2D eigenvalue weighted by molar-refractivity contribution is 0.936. The van der Waals surface area contributed by atoms with Crippen molar-refractivity contribution in [3.05, 3.63) is 0 Å². The number of hydrogen-bond acceptors (Lipinski definition) is 1. The first-order chi connectivity index (χ1) is 3.62. The highest BCUT2D eigenvalue weighted by Crippen LogP contribution is 2.18. The Kier molecular flexibility index (Phi) is 3.01. The smallest absolute Gasteiger partial charge is 0.0706 e. The van der Waals surface area contributed by atoms with Crippen LogP contribution >= 0.6 is 11.8 Å². The van der Waals surface area contributed by atoms with Crippen molar-refractivity contribution in [1.29, 1.82) is 0 Å². The van der Waals surface area contributed by atoms with Crippen LogP contribution in [0.2, 0.25) is 0 Å². The number of hydrogen-bond donors (Lipinski definition) is 0. The van der Waals surface area contributed by atoms with Gasteiger partial charge < -0.3 is 0 Å². The van der Waals surface area contributed by atoms with E-state index in [1.54, 1.807) is 11.8 Å². The average molecular weight is 128 g/mol. The van der Waals surface area contributed by atoms with Crippen LogP contribution in [0.3, 0.4) is 0 Å². The van der Waals surface area contributed by atoms with Crippen LogP contribution in [0.4, 0.5) is 0 Å². The Hall–Kier alpha value is -0.0900. The summed E-state index contributed by atoms with van der Waals surface area (Å²) in [6, 6.07) is 0. The van der Waals surface area contributed by atoms with Crippen molar-refractivity contribution < 1.29 is 0 Å². The molecule has 0 saturated carbocycles. The zero-order valence-electron chi connectivity index (χ0n) is 5.91. The van der Waals surface area contributed by atoms with Gasteiger partial charge in [0.25, 0.3) is 0 Å². The summed E-state index contributed by atoms with van der Waals surface area (Å²) >= 11 is 1.78. The fourth-order valence-electron chi connectivity index (χ4n) is 0.352. The number of thioether (sulfide) groups is 1. The van der Waals surface area contributed by atoms with Gasteiger partial charge in [0.2, 0.25) is 0 Å². The third kappa shape index (κ3) is 2.98. The Morgan fingerprint density at radius 3 is 2.00 bits per heavy atom. The Labute approximate surface area is 56.1 Å². The molecule has 0 aromatic rings. The molecule has 0 aromatic carbocycles. The normalized spacial score (nSPS) is 10.0. The zero-order chi connectivity index (χ0) is 6.62. The minimum absolute atomic E-state index is 0.148. The predicted octanol–water partition coefficient (Wildman–Crippen LogP) is 2.15. The third-order valence-electron chi connectivity index (χ3n) is 0.936. The molecule has 0 amide bonds. The van der Waals surface area contributed by atoms with Gasteiger partial charge in [-0.15, -0.1) is 17.7 Å². The summed E-state index contributed by atoms with van der Waals surface area (Å²) in [7, 11) is 0. The molecule has 0 fully saturated rings. The van der Waals surface area contributed by atoms with E-state index in [4.69, 9.17) is 0 Å².